The molecule has 0 saturated carbocycles. The van der Waals surface area contributed by atoms with Gasteiger partial charge in [-0.15, -0.1) is 0 Å². The molecule has 0 amide bonds. The van der Waals surface area contributed by atoms with Crippen molar-refractivity contribution in [1.82, 2.24) is 0 Å². The highest BCUT2D eigenvalue weighted by Crippen LogP contribution is 2.23. The quantitative estimate of drug-likeness (QED) is 0.857. The van der Waals surface area contributed by atoms with Crippen molar-refractivity contribution < 1.29 is 9.50 Å². The third kappa shape index (κ3) is 3.46. The van der Waals surface area contributed by atoms with Crippen molar-refractivity contribution in [3.05, 3.63) is 34.6 Å². The van der Waals surface area contributed by atoms with Crippen molar-refractivity contribution in [3.8, 4) is 0 Å². The van der Waals surface area contributed by atoms with Crippen molar-refractivity contribution in [2.24, 2.45) is 11.8 Å². The predicted octanol–water partition coefficient (Wildman–Crippen LogP) is 3.67. The molecule has 0 radical (unpaired) electrons. The van der Waals surface area contributed by atoms with Crippen LogP contribution in [0.5, 0.6) is 0 Å². The van der Waals surface area contributed by atoms with E-state index in [0.29, 0.717) is 17.4 Å². The van der Waals surface area contributed by atoms with Gasteiger partial charge in [-0.05, 0) is 29.5 Å². The highest BCUT2D eigenvalue weighted by atomic mass is 35.5. The smallest absolute Gasteiger partial charge is 0.124 e. The number of rotatable bonds is 4. The molecule has 0 aromatic heterocycles. The van der Waals surface area contributed by atoms with Crippen LogP contribution in [0.1, 0.15) is 26.3 Å². The van der Waals surface area contributed by atoms with Crippen LogP contribution in [0.25, 0.3) is 0 Å². The van der Waals surface area contributed by atoms with Gasteiger partial charge in [0.05, 0.1) is 6.10 Å². The minimum Gasteiger partial charge on any atom is -0.392 e. The molecular weight excluding hydrogens is 227 g/mol. The Bertz CT molecular complexity index is 352. The van der Waals surface area contributed by atoms with E-state index in [4.69, 9.17) is 11.6 Å². The van der Waals surface area contributed by atoms with E-state index in [-0.39, 0.29) is 11.7 Å². The predicted molar refractivity (Wildman–Crippen MR) is 65.1 cm³/mol. The molecule has 1 N–H and O–H groups in total. The van der Waals surface area contributed by atoms with Gasteiger partial charge in [0.2, 0.25) is 0 Å². The number of halogens is 2. The fourth-order valence-electron chi connectivity index (χ4n) is 1.54. The summed E-state index contributed by atoms with van der Waals surface area (Å²) in [6.07, 6.45) is 0.0290. The van der Waals surface area contributed by atoms with Crippen molar-refractivity contribution in [3.63, 3.8) is 0 Å². The number of hydrogen-bond donors (Lipinski definition) is 1. The summed E-state index contributed by atoms with van der Waals surface area (Å²) in [6, 6.07) is 4.28. The van der Waals surface area contributed by atoms with Gasteiger partial charge in [-0.25, -0.2) is 4.39 Å². The number of aliphatic hydroxyl groups excluding tert-OH is 1. The maximum Gasteiger partial charge on any atom is 0.124 e. The van der Waals surface area contributed by atoms with E-state index in [0.717, 1.165) is 5.56 Å². The van der Waals surface area contributed by atoms with Crippen LogP contribution >= 0.6 is 11.6 Å². The Hall–Kier alpha value is -0.600. The van der Waals surface area contributed by atoms with Crippen LogP contribution < -0.4 is 0 Å². The normalized spacial score (nSPS) is 15.2. The molecule has 90 valence electrons. The minimum absolute atomic E-state index is 0.195. The first-order valence-corrected chi connectivity index (χ1v) is 5.91. The summed E-state index contributed by atoms with van der Waals surface area (Å²) in [5.74, 6) is 0.260. The molecular formula is C13H18ClFO. The number of aliphatic hydroxyl groups is 1. The molecule has 0 saturated heterocycles. The standard InChI is InChI=1S/C13H18ClFO/c1-8(2)9(3)13(16)6-10-4-5-11(15)7-12(10)14/h4-5,7-9,13,16H,6H2,1-3H3. The fourth-order valence-corrected chi connectivity index (χ4v) is 1.79. The van der Waals surface area contributed by atoms with Crippen LogP contribution in [-0.2, 0) is 6.42 Å². The molecule has 0 heterocycles. The first kappa shape index (κ1) is 13.5. The van der Waals surface area contributed by atoms with Gasteiger partial charge in [0.1, 0.15) is 5.82 Å². The molecule has 0 fully saturated rings. The summed E-state index contributed by atoms with van der Waals surface area (Å²) in [5.41, 5.74) is 0.795. The van der Waals surface area contributed by atoms with Gasteiger partial charge in [0.25, 0.3) is 0 Å². The van der Waals surface area contributed by atoms with Crippen LogP contribution in [0.4, 0.5) is 4.39 Å². The largest absolute Gasteiger partial charge is 0.392 e. The van der Waals surface area contributed by atoms with Gasteiger partial charge in [0.15, 0.2) is 0 Å². The zero-order valence-corrected chi connectivity index (χ0v) is 10.6. The Kier molecular flexibility index (Phi) is 4.75. The van der Waals surface area contributed by atoms with Crippen LogP contribution in [0.3, 0.4) is 0 Å². The molecule has 0 aliphatic carbocycles. The van der Waals surface area contributed by atoms with Crippen molar-refractivity contribution in [2.75, 3.05) is 0 Å². The lowest BCUT2D eigenvalue weighted by Gasteiger charge is -2.22. The summed E-state index contributed by atoms with van der Waals surface area (Å²) in [6.45, 7) is 6.15. The van der Waals surface area contributed by atoms with E-state index in [1.807, 2.05) is 6.92 Å². The van der Waals surface area contributed by atoms with Crippen molar-refractivity contribution in [1.29, 1.82) is 0 Å². The highest BCUT2D eigenvalue weighted by Gasteiger charge is 2.19. The molecule has 16 heavy (non-hydrogen) atoms. The fraction of sp³-hybridized carbons (Fsp3) is 0.538. The third-order valence-corrected chi connectivity index (χ3v) is 3.45. The van der Waals surface area contributed by atoms with E-state index < -0.39 is 6.10 Å². The van der Waals surface area contributed by atoms with Gasteiger partial charge < -0.3 is 5.11 Å². The monoisotopic (exact) mass is 244 g/mol. The lowest BCUT2D eigenvalue weighted by atomic mass is 9.89. The molecule has 2 atom stereocenters. The first-order chi connectivity index (χ1) is 7.41. The van der Waals surface area contributed by atoms with Crippen molar-refractivity contribution in [2.45, 2.75) is 33.3 Å². The summed E-state index contributed by atoms with van der Waals surface area (Å²) in [7, 11) is 0. The summed E-state index contributed by atoms with van der Waals surface area (Å²) in [5, 5.41) is 10.4. The van der Waals surface area contributed by atoms with Crippen LogP contribution in [0.15, 0.2) is 18.2 Å². The van der Waals surface area contributed by atoms with Gasteiger partial charge in [0, 0.05) is 11.4 Å². The Morgan fingerprint density at radius 2 is 1.94 bits per heavy atom. The second kappa shape index (κ2) is 5.65. The maximum atomic E-state index is 12.8. The van der Waals surface area contributed by atoms with Gasteiger partial charge in [-0.1, -0.05) is 38.4 Å². The maximum absolute atomic E-state index is 12.8. The summed E-state index contributed by atoms with van der Waals surface area (Å²) >= 11 is 5.91. The van der Waals surface area contributed by atoms with Crippen LogP contribution in [0, 0.1) is 17.7 Å². The average molecular weight is 245 g/mol. The van der Waals surface area contributed by atoms with Crippen molar-refractivity contribution >= 4 is 11.6 Å². The molecule has 0 aliphatic rings. The SMILES string of the molecule is CC(C)C(C)C(O)Cc1ccc(F)cc1Cl. The van der Waals surface area contributed by atoms with Gasteiger partial charge >= 0.3 is 0 Å². The Balaban J connectivity index is 2.73. The highest BCUT2D eigenvalue weighted by molar-refractivity contribution is 6.31. The van der Waals surface area contributed by atoms with E-state index >= 15 is 0 Å². The Morgan fingerprint density at radius 3 is 2.44 bits per heavy atom. The Morgan fingerprint density at radius 1 is 1.31 bits per heavy atom. The average Bonchev–Trinajstić information content (AvgIpc) is 2.20. The molecule has 1 rings (SSSR count). The van der Waals surface area contributed by atoms with Crippen LogP contribution in [-0.4, -0.2) is 11.2 Å². The lowest BCUT2D eigenvalue weighted by Crippen LogP contribution is -2.24. The van der Waals surface area contributed by atoms with E-state index in [1.54, 1.807) is 6.07 Å². The molecule has 0 aliphatic heterocycles. The minimum atomic E-state index is -0.442. The zero-order chi connectivity index (χ0) is 12.3. The second-order valence-corrected chi connectivity index (χ2v) is 5.02. The molecule has 3 heteroatoms. The second-order valence-electron chi connectivity index (χ2n) is 4.61. The van der Waals surface area contributed by atoms with Crippen LogP contribution in [0.2, 0.25) is 5.02 Å². The molecule has 0 spiro atoms. The number of benzene rings is 1. The Labute approximate surface area is 101 Å². The van der Waals surface area contributed by atoms with Gasteiger partial charge in [-0.3, -0.25) is 0 Å². The molecule has 0 bridgehead atoms. The lowest BCUT2D eigenvalue weighted by molar-refractivity contribution is 0.0921. The molecule has 1 aromatic carbocycles. The van der Waals surface area contributed by atoms with Gasteiger partial charge in [-0.2, -0.15) is 0 Å². The molecule has 1 nitrogen and oxygen atoms in total. The summed E-state index contributed by atoms with van der Waals surface area (Å²) in [4.78, 5) is 0. The number of hydrogen-bond acceptors (Lipinski definition) is 1. The summed E-state index contributed by atoms with van der Waals surface area (Å²) < 4.78 is 12.8. The van der Waals surface area contributed by atoms with E-state index in [2.05, 4.69) is 13.8 Å². The third-order valence-electron chi connectivity index (χ3n) is 3.10. The van der Waals surface area contributed by atoms with E-state index in [1.165, 1.54) is 12.1 Å². The van der Waals surface area contributed by atoms with E-state index in [9.17, 15) is 9.50 Å². The zero-order valence-electron chi connectivity index (χ0n) is 9.87. The first-order valence-electron chi connectivity index (χ1n) is 5.53. The topological polar surface area (TPSA) is 20.2 Å². The molecule has 2 unspecified atom stereocenters. The molecule has 1 aromatic rings.